The van der Waals surface area contributed by atoms with Crippen molar-refractivity contribution in [3.05, 3.63) is 23.3 Å². The molecule has 2 aliphatic heterocycles. The van der Waals surface area contributed by atoms with E-state index in [2.05, 4.69) is 25.7 Å². The Morgan fingerprint density at radius 1 is 1.19 bits per heavy atom. The van der Waals surface area contributed by atoms with Crippen molar-refractivity contribution < 1.29 is 14.7 Å². The molecule has 0 bridgehead atoms. The van der Waals surface area contributed by atoms with Gasteiger partial charge in [-0.1, -0.05) is 6.42 Å². The standard InChI is InChI=1S/C17H23N7O3/c25-15(26)10-12-9-14(19-18-12)11-4-7-23(8-5-11)17(27)13-3-1-2-6-24-16(13)20-21-22-24/h9,11,13H,1-8,10H2,(H,18,19)(H,25,26)/t13-/m1/s1. The van der Waals surface area contributed by atoms with Crippen LogP contribution in [-0.4, -0.2) is 65.4 Å². The Morgan fingerprint density at radius 3 is 2.78 bits per heavy atom. The number of likely N-dealkylation sites (tertiary alicyclic amines) is 1. The number of carbonyl (C=O) groups is 2. The molecular formula is C17H23N7O3. The summed E-state index contributed by atoms with van der Waals surface area (Å²) in [7, 11) is 0. The Kier molecular flexibility index (Phi) is 4.87. The van der Waals surface area contributed by atoms with E-state index in [1.165, 1.54) is 0 Å². The van der Waals surface area contributed by atoms with Gasteiger partial charge >= 0.3 is 5.97 Å². The number of aliphatic carboxylic acids is 1. The van der Waals surface area contributed by atoms with E-state index < -0.39 is 5.97 Å². The molecule has 10 heteroatoms. The third-order valence-electron chi connectivity index (χ3n) is 5.50. The Balaban J connectivity index is 1.38. The molecule has 4 rings (SSSR count). The van der Waals surface area contributed by atoms with Gasteiger partial charge < -0.3 is 10.0 Å². The first-order valence-corrected chi connectivity index (χ1v) is 9.42. The lowest BCUT2D eigenvalue weighted by Gasteiger charge is -2.33. The number of aromatic amines is 1. The highest BCUT2D eigenvalue weighted by Gasteiger charge is 2.34. The number of rotatable bonds is 4. The highest BCUT2D eigenvalue weighted by molar-refractivity contribution is 5.83. The quantitative estimate of drug-likeness (QED) is 0.806. The molecule has 0 unspecified atom stereocenters. The molecule has 0 saturated carbocycles. The molecule has 0 aliphatic carbocycles. The van der Waals surface area contributed by atoms with Gasteiger partial charge in [0.1, 0.15) is 0 Å². The summed E-state index contributed by atoms with van der Waals surface area (Å²) in [4.78, 5) is 25.8. The first-order chi connectivity index (χ1) is 13.1. The maximum Gasteiger partial charge on any atom is 0.309 e. The second kappa shape index (κ2) is 7.45. The number of carboxylic acid groups (broad SMARTS) is 1. The lowest BCUT2D eigenvalue weighted by molar-refractivity contribution is -0.136. The maximum absolute atomic E-state index is 13.1. The summed E-state index contributed by atoms with van der Waals surface area (Å²) in [5.41, 5.74) is 1.50. The SMILES string of the molecule is O=C(O)Cc1cc(C2CCN(C(=O)[C@@H]3CCCCn4nnnc43)CC2)n[nH]1. The number of carbonyl (C=O) groups excluding carboxylic acids is 1. The van der Waals surface area contributed by atoms with Gasteiger partial charge in [0, 0.05) is 31.2 Å². The van der Waals surface area contributed by atoms with Gasteiger partial charge in [-0.05, 0) is 42.2 Å². The molecule has 0 spiro atoms. The van der Waals surface area contributed by atoms with Crippen LogP contribution in [0.15, 0.2) is 6.07 Å². The summed E-state index contributed by atoms with van der Waals surface area (Å²) in [6.45, 7) is 2.11. The van der Waals surface area contributed by atoms with Crippen LogP contribution in [0, 0.1) is 0 Å². The van der Waals surface area contributed by atoms with E-state index in [0.29, 0.717) is 24.6 Å². The van der Waals surface area contributed by atoms with Crippen molar-refractivity contribution >= 4 is 11.9 Å². The minimum atomic E-state index is -0.878. The molecule has 27 heavy (non-hydrogen) atoms. The zero-order valence-corrected chi connectivity index (χ0v) is 15.0. The lowest BCUT2D eigenvalue weighted by Crippen LogP contribution is -2.41. The molecule has 0 aromatic carbocycles. The number of hydrogen-bond acceptors (Lipinski definition) is 6. The van der Waals surface area contributed by atoms with Crippen LogP contribution in [0.5, 0.6) is 0 Å². The molecule has 2 aliphatic rings. The Bertz CT molecular complexity index is 822. The summed E-state index contributed by atoms with van der Waals surface area (Å²) >= 11 is 0. The predicted octanol–water partition coefficient (Wildman–Crippen LogP) is 0.697. The zero-order valence-electron chi connectivity index (χ0n) is 15.0. The van der Waals surface area contributed by atoms with Crippen LogP contribution in [0.25, 0.3) is 0 Å². The van der Waals surface area contributed by atoms with Crippen molar-refractivity contribution in [2.45, 2.75) is 56.9 Å². The average Bonchev–Trinajstić information content (AvgIpc) is 3.27. The number of hydrogen-bond donors (Lipinski definition) is 2. The molecule has 1 atom stereocenters. The van der Waals surface area contributed by atoms with Gasteiger partial charge in [-0.25, -0.2) is 4.68 Å². The third-order valence-corrected chi connectivity index (χ3v) is 5.50. The molecule has 2 aromatic heterocycles. The average molecular weight is 373 g/mol. The first-order valence-electron chi connectivity index (χ1n) is 9.42. The highest BCUT2D eigenvalue weighted by atomic mass is 16.4. The number of nitrogens with one attached hydrogen (secondary N) is 1. The molecule has 2 aromatic rings. The van der Waals surface area contributed by atoms with E-state index in [1.54, 1.807) is 4.68 Å². The molecule has 1 fully saturated rings. The number of piperidine rings is 1. The molecular weight excluding hydrogens is 350 g/mol. The molecule has 144 valence electrons. The van der Waals surface area contributed by atoms with Gasteiger partial charge in [-0.15, -0.1) is 5.10 Å². The summed E-state index contributed by atoms with van der Waals surface area (Å²) < 4.78 is 1.76. The van der Waals surface area contributed by atoms with Crippen LogP contribution < -0.4 is 0 Å². The van der Waals surface area contributed by atoms with Crippen LogP contribution >= 0.6 is 0 Å². The Hall–Kier alpha value is -2.78. The van der Waals surface area contributed by atoms with Crippen molar-refractivity contribution in [1.29, 1.82) is 0 Å². The first kappa shape index (κ1) is 17.6. The fraction of sp³-hybridized carbons (Fsp3) is 0.647. The van der Waals surface area contributed by atoms with Gasteiger partial charge in [0.15, 0.2) is 5.82 Å². The van der Waals surface area contributed by atoms with Crippen LogP contribution in [0.3, 0.4) is 0 Å². The van der Waals surface area contributed by atoms with Gasteiger partial charge in [0.05, 0.1) is 18.0 Å². The normalized spacial score (nSPS) is 20.9. The number of aromatic nitrogens is 6. The molecule has 2 N–H and O–H groups in total. The monoisotopic (exact) mass is 373 g/mol. The third kappa shape index (κ3) is 3.69. The number of carboxylic acids is 1. The van der Waals surface area contributed by atoms with E-state index in [4.69, 9.17) is 5.11 Å². The Morgan fingerprint density at radius 2 is 2.00 bits per heavy atom. The van der Waals surface area contributed by atoms with Crippen molar-refractivity contribution in [2.75, 3.05) is 13.1 Å². The zero-order chi connectivity index (χ0) is 18.8. The summed E-state index contributed by atoms with van der Waals surface area (Å²) in [6.07, 6.45) is 4.35. The number of amides is 1. The summed E-state index contributed by atoms with van der Waals surface area (Å²) in [5, 5.41) is 27.8. The van der Waals surface area contributed by atoms with Gasteiger partial charge in [0.2, 0.25) is 5.91 Å². The summed E-state index contributed by atoms with van der Waals surface area (Å²) in [5.74, 6) is -0.0968. The predicted molar refractivity (Wildman–Crippen MR) is 92.9 cm³/mol. The highest BCUT2D eigenvalue weighted by Crippen LogP contribution is 2.31. The molecule has 10 nitrogen and oxygen atoms in total. The molecule has 1 saturated heterocycles. The van der Waals surface area contributed by atoms with E-state index in [9.17, 15) is 9.59 Å². The number of aryl methyl sites for hydroxylation is 1. The van der Waals surface area contributed by atoms with Crippen molar-refractivity contribution in [1.82, 2.24) is 35.3 Å². The number of nitrogens with zero attached hydrogens (tertiary/aromatic N) is 6. The van der Waals surface area contributed by atoms with Crippen LogP contribution in [0.1, 0.15) is 61.2 Å². The number of tetrazole rings is 1. The fourth-order valence-electron chi connectivity index (χ4n) is 4.05. The second-order valence-electron chi connectivity index (χ2n) is 7.30. The lowest BCUT2D eigenvalue weighted by atomic mass is 9.91. The van der Waals surface area contributed by atoms with E-state index in [1.807, 2.05) is 11.0 Å². The number of fused-ring (bicyclic) bond motifs is 1. The minimum absolute atomic E-state index is 0.0548. The smallest absolute Gasteiger partial charge is 0.309 e. The van der Waals surface area contributed by atoms with Gasteiger partial charge in [-0.2, -0.15) is 5.10 Å². The van der Waals surface area contributed by atoms with E-state index in [0.717, 1.165) is 44.3 Å². The molecule has 0 radical (unpaired) electrons. The van der Waals surface area contributed by atoms with Crippen LogP contribution in [-0.2, 0) is 22.6 Å². The fourth-order valence-corrected chi connectivity index (χ4v) is 4.05. The largest absolute Gasteiger partial charge is 0.481 e. The van der Waals surface area contributed by atoms with Crippen molar-refractivity contribution in [2.24, 2.45) is 0 Å². The molecule has 1 amide bonds. The molecule has 4 heterocycles. The van der Waals surface area contributed by atoms with Gasteiger partial charge in [-0.3, -0.25) is 14.7 Å². The van der Waals surface area contributed by atoms with E-state index >= 15 is 0 Å². The topological polar surface area (TPSA) is 130 Å². The van der Waals surface area contributed by atoms with Crippen LogP contribution in [0.2, 0.25) is 0 Å². The second-order valence-corrected chi connectivity index (χ2v) is 7.30. The minimum Gasteiger partial charge on any atom is -0.481 e. The van der Waals surface area contributed by atoms with Crippen LogP contribution in [0.4, 0.5) is 0 Å². The van der Waals surface area contributed by atoms with E-state index in [-0.39, 0.29) is 24.2 Å². The van der Waals surface area contributed by atoms with Crippen molar-refractivity contribution in [3.8, 4) is 0 Å². The maximum atomic E-state index is 13.1. The number of H-pyrrole nitrogens is 1. The Labute approximate surface area is 155 Å². The van der Waals surface area contributed by atoms with Gasteiger partial charge in [0.25, 0.3) is 0 Å². The van der Waals surface area contributed by atoms with Crippen molar-refractivity contribution in [3.63, 3.8) is 0 Å². The summed E-state index contributed by atoms with van der Waals surface area (Å²) in [6, 6.07) is 1.83.